The minimum atomic E-state index is -0.214. The first-order valence-corrected chi connectivity index (χ1v) is 6.94. The summed E-state index contributed by atoms with van der Waals surface area (Å²) >= 11 is 0. The Labute approximate surface area is 126 Å². The molecule has 0 radical (unpaired) electrons. The number of hydrogen-bond donors (Lipinski definition) is 0. The first kappa shape index (κ1) is 14.1. The Kier molecular flexibility index (Phi) is 3.55. The van der Waals surface area contributed by atoms with Crippen molar-refractivity contribution in [2.75, 3.05) is 6.61 Å². The summed E-state index contributed by atoms with van der Waals surface area (Å²) in [5, 5.41) is 0.720. The average Bonchev–Trinajstić information content (AvgIpc) is 3.05. The highest BCUT2D eigenvalue weighted by molar-refractivity contribution is 5.57. The fourth-order valence-electron chi connectivity index (χ4n) is 2.51. The molecule has 1 aromatic carbocycles. The van der Waals surface area contributed by atoms with E-state index in [-0.39, 0.29) is 11.1 Å². The van der Waals surface area contributed by atoms with Crippen LogP contribution < -0.4 is 21.8 Å². The summed E-state index contributed by atoms with van der Waals surface area (Å²) in [6.07, 6.45) is 4.97. The molecule has 5 nitrogen and oxygen atoms in total. The van der Waals surface area contributed by atoms with Gasteiger partial charge in [-0.1, -0.05) is 30.3 Å². The Hall–Kier alpha value is -2.82. The van der Waals surface area contributed by atoms with E-state index in [0.717, 1.165) is 5.56 Å². The Morgan fingerprint density at radius 1 is 1.05 bits per heavy atom. The standard InChI is InChI=1S/C17H16N2O3/c1-18-14(10-12-6-4-3-5-7-12)16(20)19(2)15(17(18)21)13-8-9-22-11-13/h3-10H,11H2,1-2H3/b14-10-,15-13-. The quantitative estimate of drug-likeness (QED) is 0.720. The lowest BCUT2D eigenvalue weighted by molar-refractivity contribution is 0.310. The van der Waals surface area contributed by atoms with E-state index in [4.69, 9.17) is 4.74 Å². The van der Waals surface area contributed by atoms with Crippen LogP contribution in [0, 0.1) is 0 Å². The maximum absolute atomic E-state index is 12.6. The molecule has 1 aromatic heterocycles. The highest BCUT2D eigenvalue weighted by Crippen LogP contribution is 2.03. The lowest BCUT2D eigenvalue weighted by Gasteiger charge is -2.06. The molecule has 0 amide bonds. The number of nitrogens with zero attached hydrogens (tertiary/aromatic N) is 2. The molecule has 0 fully saturated rings. The maximum atomic E-state index is 12.6. The fraction of sp³-hybridized carbons (Fsp3) is 0.176. The van der Waals surface area contributed by atoms with Crippen molar-refractivity contribution < 1.29 is 4.74 Å². The van der Waals surface area contributed by atoms with Gasteiger partial charge in [-0.3, -0.25) is 9.59 Å². The monoisotopic (exact) mass is 296 g/mol. The molecule has 2 aromatic rings. The summed E-state index contributed by atoms with van der Waals surface area (Å²) in [5.74, 6) is 0. The number of rotatable bonds is 1. The summed E-state index contributed by atoms with van der Waals surface area (Å²) < 4.78 is 7.93. The van der Waals surface area contributed by atoms with Crippen molar-refractivity contribution >= 4 is 11.6 Å². The molecular weight excluding hydrogens is 280 g/mol. The minimum absolute atomic E-state index is 0.213. The molecule has 3 rings (SSSR count). The van der Waals surface area contributed by atoms with E-state index >= 15 is 0 Å². The largest absolute Gasteiger partial charge is 0.496 e. The van der Waals surface area contributed by atoms with Crippen LogP contribution in [0.1, 0.15) is 5.56 Å². The van der Waals surface area contributed by atoms with Crippen LogP contribution in [0.2, 0.25) is 0 Å². The molecule has 0 saturated heterocycles. The zero-order valence-electron chi connectivity index (χ0n) is 12.4. The summed E-state index contributed by atoms with van der Waals surface area (Å²) in [6.45, 7) is 0.310. The van der Waals surface area contributed by atoms with Gasteiger partial charge in [0, 0.05) is 19.7 Å². The van der Waals surface area contributed by atoms with E-state index in [1.165, 1.54) is 15.4 Å². The van der Waals surface area contributed by atoms with Crippen molar-refractivity contribution in [2.24, 2.45) is 14.1 Å². The van der Waals surface area contributed by atoms with E-state index in [1.54, 1.807) is 26.2 Å². The van der Waals surface area contributed by atoms with E-state index in [2.05, 4.69) is 0 Å². The molecule has 1 aliphatic heterocycles. The van der Waals surface area contributed by atoms with E-state index < -0.39 is 0 Å². The van der Waals surface area contributed by atoms with Crippen LogP contribution >= 0.6 is 0 Å². The third-order valence-electron chi connectivity index (χ3n) is 3.74. The second-order valence-electron chi connectivity index (χ2n) is 5.16. The first-order chi connectivity index (χ1) is 10.6. The molecular formula is C17H16N2O3. The van der Waals surface area contributed by atoms with Gasteiger partial charge in [-0.05, 0) is 17.7 Å². The van der Waals surface area contributed by atoms with Gasteiger partial charge < -0.3 is 13.9 Å². The Morgan fingerprint density at radius 2 is 1.77 bits per heavy atom. The van der Waals surface area contributed by atoms with Gasteiger partial charge in [0.2, 0.25) is 0 Å². The molecule has 5 heteroatoms. The summed E-state index contributed by atoms with van der Waals surface area (Å²) in [7, 11) is 3.22. The Bertz CT molecular complexity index is 980. The molecule has 0 aliphatic carbocycles. The third kappa shape index (κ3) is 2.30. The van der Waals surface area contributed by atoms with Crippen LogP contribution in [0.3, 0.4) is 0 Å². The molecule has 2 heterocycles. The molecule has 0 unspecified atom stereocenters. The zero-order chi connectivity index (χ0) is 15.7. The number of hydrogen-bond acceptors (Lipinski definition) is 3. The Balaban J connectivity index is 2.41. The smallest absolute Gasteiger partial charge is 0.275 e. The lowest BCUT2D eigenvalue weighted by atomic mass is 10.2. The van der Waals surface area contributed by atoms with Gasteiger partial charge in [0.25, 0.3) is 11.1 Å². The highest BCUT2D eigenvalue weighted by atomic mass is 16.5. The number of benzene rings is 1. The second-order valence-corrected chi connectivity index (χ2v) is 5.16. The summed E-state index contributed by atoms with van der Waals surface area (Å²) in [6, 6.07) is 9.46. The molecule has 22 heavy (non-hydrogen) atoms. The third-order valence-corrected chi connectivity index (χ3v) is 3.74. The molecule has 0 atom stereocenters. The van der Waals surface area contributed by atoms with Crippen molar-refractivity contribution in [3.63, 3.8) is 0 Å². The van der Waals surface area contributed by atoms with Crippen molar-refractivity contribution in [2.45, 2.75) is 0 Å². The fourth-order valence-corrected chi connectivity index (χ4v) is 2.51. The topological polar surface area (TPSA) is 53.2 Å². The molecule has 0 saturated carbocycles. The van der Waals surface area contributed by atoms with Gasteiger partial charge in [0.15, 0.2) is 0 Å². The van der Waals surface area contributed by atoms with Crippen LogP contribution in [-0.4, -0.2) is 15.7 Å². The number of aromatic nitrogens is 2. The van der Waals surface area contributed by atoms with E-state index in [0.29, 0.717) is 22.9 Å². The molecule has 1 aliphatic rings. The van der Waals surface area contributed by atoms with Crippen molar-refractivity contribution in [1.82, 2.24) is 9.13 Å². The van der Waals surface area contributed by atoms with Gasteiger partial charge in [-0.15, -0.1) is 0 Å². The predicted molar refractivity (Wildman–Crippen MR) is 84.7 cm³/mol. The van der Waals surface area contributed by atoms with Crippen LogP contribution in [0.5, 0.6) is 0 Å². The van der Waals surface area contributed by atoms with Gasteiger partial charge in [0.1, 0.15) is 17.3 Å². The summed E-state index contributed by atoms with van der Waals surface area (Å²) in [4.78, 5) is 25.2. The average molecular weight is 296 g/mol. The zero-order valence-corrected chi connectivity index (χ0v) is 12.4. The van der Waals surface area contributed by atoms with Crippen molar-refractivity contribution in [3.8, 4) is 0 Å². The van der Waals surface area contributed by atoms with E-state index in [9.17, 15) is 9.59 Å². The van der Waals surface area contributed by atoms with Crippen molar-refractivity contribution in [1.29, 1.82) is 0 Å². The molecule has 0 N–H and O–H groups in total. The lowest BCUT2D eigenvalue weighted by Crippen LogP contribution is -2.57. The van der Waals surface area contributed by atoms with Gasteiger partial charge in [-0.25, -0.2) is 0 Å². The second kappa shape index (κ2) is 5.52. The van der Waals surface area contributed by atoms with Crippen LogP contribution in [0.4, 0.5) is 0 Å². The van der Waals surface area contributed by atoms with Gasteiger partial charge in [-0.2, -0.15) is 0 Å². The minimum Gasteiger partial charge on any atom is -0.496 e. The Morgan fingerprint density at radius 3 is 2.41 bits per heavy atom. The van der Waals surface area contributed by atoms with Gasteiger partial charge in [0.05, 0.1) is 6.26 Å². The number of ether oxygens (including phenoxy) is 1. The van der Waals surface area contributed by atoms with Crippen LogP contribution in [0.25, 0.3) is 11.6 Å². The maximum Gasteiger partial charge on any atom is 0.275 e. The first-order valence-electron chi connectivity index (χ1n) is 6.94. The van der Waals surface area contributed by atoms with Crippen LogP contribution in [0.15, 0.2) is 52.3 Å². The highest BCUT2D eigenvalue weighted by Gasteiger charge is 2.11. The normalized spacial score (nSPS) is 16.9. The van der Waals surface area contributed by atoms with Crippen molar-refractivity contribution in [3.05, 3.63) is 79.6 Å². The van der Waals surface area contributed by atoms with E-state index in [1.807, 2.05) is 30.3 Å². The predicted octanol–water partition coefficient (Wildman–Crippen LogP) is -0.393. The molecule has 112 valence electrons. The summed E-state index contributed by atoms with van der Waals surface area (Å²) in [5.41, 5.74) is 1.16. The molecule has 0 spiro atoms. The SMILES string of the molecule is Cn1c(=O)/c(=C2\C=COC2)n(C)c(=O)/c1=C/c1ccccc1. The van der Waals surface area contributed by atoms with Gasteiger partial charge >= 0.3 is 0 Å². The molecule has 0 bridgehead atoms. The van der Waals surface area contributed by atoms with Crippen LogP contribution in [-0.2, 0) is 18.8 Å².